The van der Waals surface area contributed by atoms with Gasteiger partial charge < -0.3 is 19.8 Å². The van der Waals surface area contributed by atoms with Gasteiger partial charge in [-0.05, 0) is 48.9 Å². The van der Waals surface area contributed by atoms with Gasteiger partial charge in [0.25, 0.3) is 0 Å². The third-order valence-corrected chi connectivity index (χ3v) is 6.38. The Labute approximate surface area is 197 Å². The van der Waals surface area contributed by atoms with E-state index < -0.39 is 17.8 Å². The van der Waals surface area contributed by atoms with E-state index in [1.54, 1.807) is 24.4 Å². The van der Waals surface area contributed by atoms with E-state index in [4.69, 9.17) is 9.47 Å². The smallest absolute Gasteiger partial charge is 0.416 e. The molecule has 0 spiro atoms. The van der Waals surface area contributed by atoms with Crippen molar-refractivity contribution in [3.05, 3.63) is 71.2 Å². The predicted molar refractivity (Wildman–Crippen MR) is 121 cm³/mol. The number of nitrogens with one attached hydrogen (secondary N) is 2. The minimum Gasteiger partial charge on any atom is -0.482 e. The first-order valence-corrected chi connectivity index (χ1v) is 11.1. The van der Waals surface area contributed by atoms with E-state index in [0.717, 1.165) is 23.3 Å². The normalized spacial score (nSPS) is 19.1. The molecule has 2 N–H and O–H groups in total. The van der Waals surface area contributed by atoms with Crippen LogP contribution in [0.25, 0.3) is 11.0 Å². The van der Waals surface area contributed by atoms with Gasteiger partial charge >= 0.3 is 6.18 Å². The number of carbonyl (C=O) groups is 1. The number of carbonyl (C=O) groups excluding carboxylic acids is 1. The first-order valence-electron chi connectivity index (χ1n) is 11.1. The monoisotopic (exact) mass is 480 g/mol. The molecule has 0 radical (unpaired) electrons. The molecule has 1 amide bonds. The second-order valence-corrected chi connectivity index (χ2v) is 8.66. The van der Waals surface area contributed by atoms with Crippen molar-refractivity contribution in [3.8, 4) is 17.2 Å². The number of rotatable bonds is 3. The summed E-state index contributed by atoms with van der Waals surface area (Å²) in [7, 11) is 0. The molecule has 0 aliphatic carbocycles. The quantitative estimate of drug-likeness (QED) is 0.382. The Hall–Kier alpha value is -4.08. The molecule has 6 rings (SSSR count). The molecule has 35 heavy (non-hydrogen) atoms. The Bertz CT molecular complexity index is 1480. The van der Waals surface area contributed by atoms with Crippen molar-refractivity contribution in [2.45, 2.75) is 38.0 Å². The van der Waals surface area contributed by atoms with Gasteiger partial charge in [-0.25, -0.2) is 9.97 Å². The van der Waals surface area contributed by atoms with Gasteiger partial charge in [-0.2, -0.15) is 13.2 Å². The van der Waals surface area contributed by atoms with Gasteiger partial charge in [0.2, 0.25) is 5.91 Å². The highest BCUT2D eigenvalue weighted by Crippen LogP contribution is 2.47. The number of ether oxygens (including phenoxy) is 2. The Kier molecular flexibility index (Phi) is 4.73. The van der Waals surface area contributed by atoms with Crippen molar-refractivity contribution in [2.75, 3.05) is 5.32 Å². The van der Waals surface area contributed by atoms with Crippen LogP contribution in [0.4, 0.5) is 19.0 Å². The zero-order chi connectivity index (χ0) is 24.3. The van der Waals surface area contributed by atoms with Gasteiger partial charge in [0.15, 0.2) is 6.10 Å². The van der Waals surface area contributed by atoms with Crippen molar-refractivity contribution < 1.29 is 27.4 Å². The van der Waals surface area contributed by atoms with Crippen molar-refractivity contribution in [2.24, 2.45) is 0 Å². The number of nitrogens with zero attached hydrogens (tertiary/aromatic N) is 2. The molecule has 7 nitrogen and oxygen atoms in total. The maximum absolute atomic E-state index is 13.1. The lowest BCUT2D eigenvalue weighted by atomic mass is 9.97. The summed E-state index contributed by atoms with van der Waals surface area (Å²) in [4.78, 5) is 23.4. The molecule has 0 unspecified atom stereocenters. The van der Waals surface area contributed by atoms with Gasteiger partial charge in [-0.1, -0.05) is 6.92 Å². The number of imidazole rings is 1. The summed E-state index contributed by atoms with van der Waals surface area (Å²) in [6, 6.07) is 10.7. The summed E-state index contributed by atoms with van der Waals surface area (Å²) in [5.74, 6) is 2.66. The summed E-state index contributed by atoms with van der Waals surface area (Å²) in [6.45, 7) is 1.97. The molecule has 2 aliphatic heterocycles. The van der Waals surface area contributed by atoms with Gasteiger partial charge in [0, 0.05) is 29.7 Å². The predicted octanol–water partition coefficient (Wildman–Crippen LogP) is 5.89. The van der Waals surface area contributed by atoms with Gasteiger partial charge in [-0.15, -0.1) is 0 Å². The first kappa shape index (κ1) is 21.5. The summed E-state index contributed by atoms with van der Waals surface area (Å²) in [6.07, 6.45) is -2.41. The van der Waals surface area contributed by atoms with Gasteiger partial charge in [0.1, 0.15) is 28.9 Å². The lowest BCUT2D eigenvalue weighted by Gasteiger charge is -2.19. The molecule has 0 saturated carbocycles. The number of hydrogen-bond donors (Lipinski definition) is 2. The number of benzene rings is 2. The molecular weight excluding hydrogens is 461 g/mol. The highest BCUT2D eigenvalue weighted by Gasteiger charge is 2.36. The van der Waals surface area contributed by atoms with Crippen LogP contribution in [0.1, 0.15) is 47.9 Å². The Morgan fingerprint density at radius 1 is 1.11 bits per heavy atom. The second kappa shape index (κ2) is 7.72. The van der Waals surface area contributed by atoms with Crippen LogP contribution < -0.4 is 14.8 Å². The maximum atomic E-state index is 13.1. The van der Waals surface area contributed by atoms with E-state index in [1.807, 2.05) is 13.0 Å². The molecule has 2 atom stereocenters. The van der Waals surface area contributed by atoms with E-state index in [0.29, 0.717) is 52.8 Å². The first-order chi connectivity index (χ1) is 16.8. The Balaban J connectivity index is 1.27. The number of aromatic nitrogens is 3. The minimum atomic E-state index is -4.43. The molecule has 2 aromatic carbocycles. The number of alkyl halides is 3. The number of pyridine rings is 1. The molecule has 0 saturated heterocycles. The molecule has 4 heterocycles. The summed E-state index contributed by atoms with van der Waals surface area (Å²) < 4.78 is 51.5. The van der Waals surface area contributed by atoms with E-state index in [-0.39, 0.29) is 11.8 Å². The molecule has 10 heteroatoms. The molecule has 2 aliphatic rings. The van der Waals surface area contributed by atoms with Gasteiger partial charge in [0.05, 0.1) is 16.6 Å². The van der Waals surface area contributed by atoms with Crippen LogP contribution in [-0.4, -0.2) is 20.9 Å². The number of halogens is 3. The van der Waals surface area contributed by atoms with Crippen LogP contribution in [0.15, 0.2) is 48.7 Å². The fourth-order valence-corrected chi connectivity index (χ4v) is 4.57. The van der Waals surface area contributed by atoms with E-state index >= 15 is 0 Å². The van der Waals surface area contributed by atoms with Crippen molar-refractivity contribution in [3.63, 3.8) is 0 Å². The molecular formula is C25H19F3N4O3. The van der Waals surface area contributed by atoms with E-state index in [1.165, 1.54) is 6.07 Å². The average Bonchev–Trinajstić information content (AvgIpc) is 3.39. The van der Waals surface area contributed by atoms with E-state index in [2.05, 4.69) is 20.3 Å². The fraction of sp³-hybridized carbons (Fsp3) is 0.240. The Morgan fingerprint density at radius 3 is 2.80 bits per heavy atom. The summed E-state index contributed by atoms with van der Waals surface area (Å²) in [5, 5.41) is 2.76. The maximum Gasteiger partial charge on any atom is 0.416 e. The molecule has 2 aromatic heterocycles. The third-order valence-electron chi connectivity index (χ3n) is 6.38. The fourth-order valence-electron chi connectivity index (χ4n) is 4.57. The van der Waals surface area contributed by atoms with Crippen molar-refractivity contribution in [1.29, 1.82) is 0 Å². The molecule has 0 fully saturated rings. The molecule has 0 bridgehead atoms. The van der Waals surface area contributed by atoms with Crippen LogP contribution in [-0.2, 0) is 17.4 Å². The lowest BCUT2D eigenvalue weighted by molar-refractivity contribution is -0.137. The van der Waals surface area contributed by atoms with Gasteiger partial charge in [-0.3, -0.25) is 4.79 Å². The lowest BCUT2D eigenvalue weighted by Crippen LogP contribution is -2.20. The number of hydrogen-bond acceptors (Lipinski definition) is 5. The van der Waals surface area contributed by atoms with Crippen molar-refractivity contribution in [1.82, 2.24) is 15.0 Å². The van der Waals surface area contributed by atoms with E-state index in [9.17, 15) is 18.0 Å². The second-order valence-electron chi connectivity index (χ2n) is 8.66. The largest absolute Gasteiger partial charge is 0.482 e. The van der Waals surface area contributed by atoms with Crippen LogP contribution in [0.3, 0.4) is 0 Å². The number of anilines is 1. The van der Waals surface area contributed by atoms with Crippen molar-refractivity contribution >= 4 is 22.8 Å². The molecule has 178 valence electrons. The number of amides is 1. The zero-order valence-electron chi connectivity index (χ0n) is 18.4. The standard InChI is InChI=1S/C25H19F3N4O3/c1-12-16-11-14(34-20-8-9-29-23-15(20)4-7-21(33)32-23)3-6-19(16)35-22(12)24-30-17-5-2-13(25(26,27)28)10-18(17)31-24/h2-3,5-6,8-12,22H,4,7H2,1H3,(H,30,31)(H,29,32,33)/t12-,22+/m0/s1. The number of fused-ring (bicyclic) bond motifs is 3. The summed E-state index contributed by atoms with van der Waals surface area (Å²) in [5.41, 5.74) is 1.76. The topological polar surface area (TPSA) is 89.1 Å². The SMILES string of the molecule is C[C@H]1c2cc(Oc3ccnc4c3CCC(=O)N4)ccc2O[C@H]1c1nc2ccc(C(F)(F)F)cc2[nH]1. The van der Waals surface area contributed by atoms with Crippen LogP contribution in [0.5, 0.6) is 17.2 Å². The average molecular weight is 480 g/mol. The zero-order valence-corrected chi connectivity index (χ0v) is 18.4. The minimum absolute atomic E-state index is 0.0723. The Morgan fingerprint density at radius 2 is 1.97 bits per heavy atom. The van der Waals surface area contributed by atoms with Crippen LogP contribution in [0.2, 0.25) is 0 Å². The third kappa shape index (κ3) is 3.74. The summed E-state index contributed by atoms with van der Waals surface area (Å²) >= 11 is 0. The van der Waals surface area contributed by atoms with Crippen LogP contribution in [0, 0.1) is 0 Å². The number of aromatic amines is 1. The number of H-pyrrole nitrogens is 1. The highest BCUT2D eigenvalue weighted by atomic mass is 19.4. The highest BCUT2D eigenvalue weighted by molar-refractivity contribution is 5.93. The molecule has 4 aromatic rings. The van der Waals surface area contributed by atoms with Crippen LogP contribution >= 0.6 is 0 Å².